The monoisotopic (exact) mass is 228 g/mol. The van der Waals surface area contributed by atoms with Crippen LogP contribution in [0.15, 0.2) is 34.9 Å². The topological polar surface area (TPSA) is 0 Å². The Morgan fingerprint density at radius 3 is 1.93 bits per heavy atom. The van der Waals surface area contributed by atoms with Crippen LogP contribution in [-0.2, 0) is 17.1 Å². The van der Waals surface area contributed by atoms with E-state index in [2.05, 4.69) is 51.2 Å². The molecule has 0 radical (unpaired) electrons. The predicted molar refractivity (Wildman–Crippen MR) is 57.0 cm³/mol. The summed E-state index contributed by atoms with van der Waals surface area (Å²) in [5, 5.41) is 0. The number of allylic oxidation sites excluding steroid dienone is 8. The second-order valence-corrected chi connectivity index (χ2v) is 3.36. The molecule has 0 bridgehead atoms. The molecule has 0 aromatic carbocycles. The summed E-state index contributed by atoms with van der Waals surface area (Å²) < 4.78 is 0. The zero-order valence-corrected chi connectivity index (χ0v) is 10.1. The van der Waals surface area contributed by atoms with Crippen molar-refractivity contribution in [3.05, 3.63) is 47.1 Å². The molecule has 2 aliphatic rings. The molecule has 0 aliphatic heterocycles. The van der Waals surface area contributed by atoms with E-state index < -0.39 is 0 Å². The van der Waals surface area contributed by atoms with Crippen molar-refractivity contribution in [1.29, 1.82) is 0 Å². The first-order valence-corrected chi connectivity index (χ1v) is 4.68. The molecule has 0 spiro atoms. The van der Waals surface area contributed by atoms with Crippen LogP contribution < -0.4 is 0 Å². The van der Waals surface area contributed by atoms with Gasteiger partial charge in [0.05, 0.1) is 0 Å². The standard InChI is InChI=1S/C7H9.C6H7.Fe/c1-6-4-3-5-7(6)2;1-6-4-2-3-5-6;/h4H,3H2,1-2H3;2,4H,3H2,1H3;/q2*-1;+2. The van der Waals surface area contributed by atoms with E-state index in [1.54, 1.807) is 0 Å². The maximum Gasteiger partial charge on any atom is 2.00 e. The van der Waals surface area contributed by atoms with Crippen molar-refractivity contribution in [3.8, 4) is 0 Å². The minimum atomic E-state index is 0. The van der Waals surface area contributed by atoms with E-state index in [0.717, 1.165) is 12.8 Å². The van der Waals surface area contributed by atoms with E-state index in [0.29, 0.717) is 0 Å². The van der Waals surface area contributed by atoms with Gasteiger partial charge in [0.25, 0.3) is 0 Å². The maximum atomic E-state index is 3.19. The minimum Gasteiger partial charge on any atom is -0.270 e. The Bertz CT molecular complexity index is 272. The van der Waals surface area contributed by atoms with Crippen molar-refractivity contribution in [2.75, 3.05) is 0 Å². The average molecular weight is 228 g/mol. The van der Waals surface area contributed by atoms with Crippen LogP contribution in [0.25, 0.3) is 0 Å². The Morgan fingerprint density at radius 1 is 1.07 bits per heavy atom. The third kappa shape index (κ3) is 4.64. The third-order valence-electron chi connectivity index (χ3n) is 2.23. The summed E-state index contributed by atoms with van der Waals surface area (Å²) in [7, 11) is 0. The molecule has 76 valence electrons. The summed E-state index contributed by atoms with van der Waals surface area (Å²) in [6.45, 7) is 6.28. The molecule has 0 atom stereocenters. The molecule has 0 saturated heterocycles. The van der Waals surface area contributed by atoms with Gasteiger partial charge >= 0.3 is 17.1 Å². The molecule has 0 saturated carbocycles. The van der Waals surface area contributed by atoms with Crippen LogP contribution in [0.5, 0.6) is 0 Å². The van der Waals surface area contributed by atoms with Gasteiger partial charge in [-0.3, -0.25) is 12.2 Å². The third-order valence-corrected chi connectivity index (χ3v) is 2.23. The molecule has 14 heavy (non-hydrogen) atoms. The predicted octanol–water partition coefficient (Wildman–Crippen LogP) is 3.78. The molecule has 2 aliphatic carbocycles. The normalized spacial score (nSPS) is 17.5. The van der Waals surface area contributed by atoms with Gasteiger partial charge in [-0.1, -0.05) is 13.8 Å². The summed E-state index contributed by atoms with van der Waals surface area (Å²) in [4.78, 5) is 0. The van der Waals surface area contributed by atoms with Gasteiger partial charge in [0.1, 0.15) is 0 Å². The number of rotatable bonds is 0. The van der Waals surface area contributed by atoms with E-state index >= 15 is 0 Å². The van der Waals surface area contributed by atoms with Gasteiger partial charge in [-0.2, -0.15) is 12.2 Å². The Hall–Kier alpha value is -0.521. The van der Waals surface area contributed by atoms with E-state index in [1.165, 1.54) is 16.7 Å². The summed E-state index contributed by atoms with van der Waals surface area (Å²) in [5.41, 5.74) is 3.98. The van der Waals surface area contributed by atoms with Gasteiger partial charge in [0, 0.05) is 0 Å². The van der Waals surface area contributed by atoms with Crippen molar-refractivity contribution < 1.29 is 17.1 Å². The molecule has 0 fully saturated rings. The summed E-state index contributed by atoms with van der Waals surface area (Å²) in [6, 6.07) is 0. The van der Waals surface area contributed by atoms with Gasteiger partial charge in [-0.25, -0.2) is 22.8 Å². The SMILES string of the molecule is CC1=[C-]CC=C1.CC1=[C-]CC=C1C.[Fe+2]. The van der Waals surface area contributed by atoms with E-state index in [-0.39, 0.29) is 17.1 Å². The Morgan fingerprint density at radius 2 is 1.79 bits per heavy atom. The maximum absolute atomic E-state index is 3.19. The smallest absolute Gasteiger partial charge is 0.270 e. The fourth-order valence-electron chi connectivity index (χ4n) is 1.16. The Labute approximate surface area is 97.9 Å². The first-order chi connectivity index (χ1) is 6.20. The van der Waals surface area contributed by atoms with E-state index in [9.17, 15) is 0 Å². The molecule has 0 N–H and O–H groups in total. The van der Waals surface area contributed by atoms with Crippen LogP contribution in [-0.4, -0.2) is 0 Å². The quantitative estimate of drug-likeness (QED) is 0.437. The molecule has 0 heterocycles. The fourth-order valence-corrected chi connectivity index (χ4v) is 1.16. The second-order valence-electron chi connectivity index (χ2n) is 3.36. The average Bonchev–Trinajstić information content (AvgIpc) is 2.67. The molecule has 0 amide bonds. The van der Waals surface area contributed by atoms with Gasteiger partial charge in [-0.15, -0.1) is 19.8 Å². The van der Waals surface area contributed by atoms with Gasteiger partial charge in [-0.05, 0) is 0 Å². The van der Waals surface area contributed by atoms with Crippen molar-refractivity contribution in [2.45, 2.75) is 33.6 Å². The largest absolute Gasteiger partial charge is 2.00 e. The molecule has 0 unspecified atom stereocenters. The first-order valence-electron chi connectivity index (χ1n) is 4.68. The number of hydrogen-bond donors (Lipinski definition) is 0. The van der Waals surface area contributed by atoms with Crippen LogP contribution >= 0.6 is 0 Å². The van der Waals surface area contributed by atoms with Crippen LogP contribution in [0, 0.1) is 12.2 Å². The van der Waals surface area contributed by atoms with Crippen molar-refractivity contribution in [1.82, 2.24) is 0 Å². The molecule has 0 nitrogen and oxygen atoms in total. The fraction of sp³-hybridized carbons (Fsp3) is 0.385. The first kappa shape index (κ1) is 13.5. The van der Waals surface area contributed by atoms with Crippen LogP contribution in [0.3, 0.4) is 0 Å². The molecule has 0 aromatic heterocycles. The zero-order chi connectivity index (χ0) is 9.68. The van der Waals surface area contributed by atoms with Crippen molar-refractivity contribution >= 4 is 0 Å². The van der Waals surface area contributed by atoms with Gasteiger partial charge in [0.2, 0.25) is 0 Å². The molecular weight excluding hydrogens is 212 g/mol. The van der Waals surface area contributed by atoms with Crippen LogP contribution in [0.2, 0.25) is 0 Å². The summed E-state index contributed by atoms with van der Waals surface area (Å²) >= 11 is 0. The van der Waals surface area contributed by atoms with Gasteiger partial charge in [0.15, 0.2) is 0 Å². The summed E-state index contributed by atoms with van der Waals surface area (Å²) in [5.74, 6) is 0. The van der Waals surface area contributed by atoms with Crippen LogP contribution in [0.4, 0.5) is 0 Å². The Balaban J connectivity index is 0.000000227. The van der Waals surface area contributed by atoms with E-state index in [4.69, 9.17) is 0 Å². The zero-order valence-electron chi connectivity index (χ0n) is 9.00. The van der Waals surface area contributed by atoms with E-state index in [1.807, 2.05) is 0 Å². The summed E-state index contributed by atoms with van der Waals surface area (Å²) in [6.07, 6.45) is 14.7. The van der Waals surface area contributed by atoms with Crippen molar-refractivity contribution in [3.63, 3.8) is 0 Å². The number of hydrogen-bond acceptors (Lipinski definition) is 0. The Kier molecular flexibility index (Phi) is 6.61. The van der Waals surface area contributed by atoms with Gasteiger partial charge < -0.3 is 0 Å². The van der Waals surface area contributed by atoms with Crippen LogP contribution in [0.1, 0.15) is 33.6 Å². The second kappa shape index (κ2) is 6.86. The van der Waals surface area contributed by atoms with Crippen molar-refractivity contribution in [2.24, 2.45) is 0 Å². The molecule has 0 aromatic rings. The molecule has 2 rings (SSSR count). The molecular formula is C13H16Fe. The minimum absolute atomic E-state index is 0. The molecule has 1 heteroatoms.